The Bertz CT molecular complexity index is 300. The molecular weight excluding hydrogens is 224 g/mol. The maximum absolute atomic E-state index is 11.1. The van der Waals surface area contributed by atoms with Crippen molar-refractivity contribution in [3.8, 4) is 0 Å². The molecule has 0 aliphatic rings. The maximum atomic E-state index is 11.1. The number of aliphatic carboxylic acids is 1. The predicted molar refractivity (Wildman–Crippen MR) is 62.4 cm³/mol. The van der Waals surface area contributed by atoms with Crippen LogP contribution in [0.4, 0.5) is 0 Å². The molecule has 0 bridgehead atoms. The zero-order chi connectivity index (χ0) is 12.6. The summed E-state index contributed by atoms with van der Waals surface area (Å²) >= 11 is 0. The van der Waals surface area contributed by atoms with Crippen LogP contribution in [0.1, 0.15) is 0 Å². The van der Waals surface area contributed by atoms with Crippen molar-refractivity contribution in [2.75, 3.05) is 6.61 Å². The lowest BCUT2D eigenvalue weighted by molar-refractivity contribution is -0.297. The maximum Gasteiger partial charge on any atom is 0.330 e. The topological polar surface area (TPSA) is 66.4 Å². The van der Waals surface area contributed by atoms with Crippen molar-refractivity contribution in [1.82, 2.24) is 0 Å². The van der Waals surface area contributed by atoms with E-state index in [0.717, 1.165) is 12.1 Å². The van der Waals surface area contributed by atoms with E-state index in [1.807, 2.05) is 0 Å². The highest BCUT2D eigenvalue weighted by Crippen LogP contribution is 2.07. The van der Waals surface area contributed by atoms with Crippen molar-refractivity contribution in [3.63, 3.8) is 0 Å². The molecule has 0 saturated carbocycles. The average Bonchev–Trinajstić information content (AvgIpc) is 2.10. The van der Waals surface area contributed by atoms with E-state index < -0.39 is 20.0 Å². The van der Waals surface area contributed by atoms with Crippen LogP contribution in [0.2, 0.25) is 25.7 Å². The van der Waals surface area contributed by atoms with E-state index in [-0.39, 0.29) is 0 Å². The average molecular weight is 241 g/mol. The molecule has 0 heterocycles. The van der Waals surface area contributed by atoms with Gasteiger partial charge in [0, 0.05) is 14.1 Å². The molecule has 0 radical (unpaired) electrons. The number of esters is 1. The summed E-state index contributed by atoms with van der Waals surface area (Å²) in [5.74, 6) is -1.75. The molecule has 0 fully saturated rings. The molecule has 0 N–H and O–H groups in total. The number of carbonyl (C=O) groups is 2. The number of hydrogen-bond donors (Lipinski definition) is 0. The van der Waals surface area contributed by atoms with E-state index in [1.165, 1.54) is 18.2 Å². The first-order chi connectivity index (χ1) is 7.31. The van der Waals surface area contributed by atoms with Crippen molar-refractivity contribution in [2.45, 2.75) is 25.7 Å². The Hall–Kier alpha value is -1.36. The summed E-state index contributed by atoms with van der Waals surface area (Å²) in [6.07, 6.45) is 4.55. The van der Waals surface area contributed by atoms with Gasteiger partial charge in [-0.2, -0.15) is 0 Å². The molecule has 0 aromatic carbocycles. The molecule has 5 heteroatoms. The van der Waals surface area contributed by atoms with Gasteiger partial charge < -0.3 is 14.6 Å². The van der Waals surface area contributed by atoms with Gasteiger partial charge in [0.1, 0.15) is 0 Å². The summed E-state index contributed by atoms with van der Waals surface area (Å²) in [7, 11) is -1.18. The number of ether oxygens (including phenoxy) is 1. The van der Waals surface area contributed by atoms with E-state index in [0.29, 0.717) is 6.61 Å². The van der Waals surface area contributed by atoms with E-state index in [9.17, 15) is 14.7 Å². The highest BCUT2D eigenvalue weighted by Gasteiger charge is 2.12. The number of hydrogen-bond acceptors (Lipinski definition) is 4. The summed E-state index contributed by atoms with van der Waals surface area (Å²) in [4.78, 5) is 21.1. The largest absolute Gasteiger partial charge is 0.545 e. The van der Waals surface area contributed by atoms with Gasteiger partial charge in [0.25, 0.3) is 0 Å². The number of rotatable bonds is 6. The third-order valence-corrected chi connectivity index (χ3v) is 3.38. The monoisotopic (exact) mass is 241 g/mol. The van der Waals surface area contributed by atoms with Crippen LogP contribution in [0.25, 0.3) is 0 Å². The van der Waals surface area contributed by atoms with Gasteiger partial charge in [0.15, 0.2) is 0 Å². The van der Waals surface area contributed by atoms with Gasteiger partial charge in [-0.1, -0.05) is 31.8 Å². The van der Waals surface area contributed by atoms with Crippen molar-refractivity contribution >= 4 is 20.0 Å². The lowest BCUT2D eigenvalue weighted by Crippen LogP contribution is -2.22. The Kier molecular flexibility index (Phi) is 6.40. The highest BCUT2D eigenvalue weighted by molar-refractivity contribution is 6.76. The van der Waals surface area contributed by atoms with Crippen LogP contribution in [-0.4, -0.2) is 26.6 Å². The third kappa shape index (κ3) is 10.7. The minimum absolute atomic E-state index is 0.420. The van der Waals surface area contributed by atoms with E-state index >= 15 is 0 Å². The van der Waals surface area contributed by atoms with Crippen LogP contribution in [0.3, 0.4) is 0 Å². The second kappa shape index (κ2) is 7.00. The summed E-state index contributed by atoms with van der Waals surface area (Å²) in [5.41, 5.74) is 0. The molecule has 0 rings (SSSR count). The molecule has 0 saturated heterocycles. The Morgan fingerprint density at radius 1 is 1.19 bits per heavy atom. The van der Waals surface area contributed by atoms with Crippen molar-refractivity contribution < 1.29 is 19.4 Å². The Labute approximate surface area is 96.6 Å². The number of carboxylic acids is 1. The van der Waals surface area contributed by atoms with E-state index in [1.54, 1.807) is 0 Å². The molecule has 0 aliphatic heterocycles. The zero-order valence-corrected chi connectivity index (χ0v) is 10.9. The number of carbonyl (C=O) groups excluding carboxylic acids is 2. The molecule has 90 valence electrons. The van der Waals surface area contributed by atoms with Crippen molar-refractivity contribution in [2.24, 2.45) is 0 Å². The molecular formula is C11H17O4Si-. The summed E-state index contributed by atoms with van der Waals surface area (Å²) in [5, 5.41) is 9.98. The van der Waals surface area contributed by atoms with Crippen molar-refractivity contribution in [3.05, 3.63) is 24.3 Å². The standard InChI is InChI=1S/C11H18O4Si/c1-16(2,3)9-8-15-11(14)7-5-4-6-10(12)13/h4-7H,8-9H2,1-3H3,(H,12,13)/p-1. The fourth-order valence-corrected chi connectivity index (χ4v) is 1.49. The Balaban J connectivity index is 3.79. The Morgan fingerprint density at radius 2 is 1.75 bits per heavy atom. The normalized spacial score (nSPS) is 12.2. The first-order valence-corrected chi connectivity index (χ1v) is 8.74. The van der Waals surface area contributed by atoms with Crippen LogP contribution < -0.4 is 5.11 Å². The summed E-state index contributed by atoms with van der Waals surface area (Å²) in [6.45, 7) is 7.00. The van der Waals surface area contributed by atoms with Gasteiger partial charge in [0.05, 0.1) is 12.6 Å². The SMILES string of the molecule is C[Si](C)(C)CCOC(=O)C=CC=CC(=O)[O-]. The van der Waals surface area contributed by atoms with Gasteiger partial charge in [-0.15, -0.1) is 0 Å². The van der Waals surface area contributed by atoms with Gasteiger partial charge in [-0.3, -0.25) is 0 Å². The predicted octanol–water partition coefficient (Wildman–Crippen LogP) is 0.730. The fourth-order valence-electron chi connectivity index (χ4n) is 0.774. The molecule has 0 unspecified atom stereocenters. The molecule has 0 aliphatic carbocycles. The number of carboxylic acid groups (broad SMARTS) is 1. The van der Waals surface area contributed by atoms with Crippen LogP contribution in [0, 0.1) is 0 Å². The van der Waals surface area contributed by atoms with Gasteiger partial charge in [-0.25, -0.2) is 4.79 Å². The van der Waals surface area contributed by atoms with Crippen LogP contribution in [0.15, 0.2) is 24.3 Å². The molecule has 0 aromatic rings. The van der Waals surface area contributed by atoms with Crippen LogP contribution in [-0.2, 0) is 14.3 Å². The van der Waals surface area contributed by atoms with Gasteiger partial charge in [0.2, 0.25) is 0 Å². The molecule has 0 spiro atoms. The minimum atomic E-state index is -1.29. The smallest absolute Gasteiger partial charge is 0.330 e. The third-order valence-electron chi connectivity index (χ3n) is 1.67. The van der Waals surface area contributed by atoms with E-state index in [4.69, 9.17) is 4.74 Å². The second-order valence-electron chi connectivity index (χ2n) is 4.52. The molecule has 0 atom stereocenters. The zero-order valence-electron chi connectivity index (χ0n) is 9.86. The quantitative estimate of drug-likeness (QED) is 0.297. The summed E-state index contributed by atoms with van der Waals surface area (Å²) < 4.78 is 4.94. The fraction of sp³-hybridized carbons (Fsp3) is 0.455. The molecule has 16 heavy (non-hydrogen) atoms. The van der Waals surface area contributed by atoms with Gasteiger partial charge in [-0.05, 0) is 12.1 Å². The molecule has 0 aromatic heterocycles. The van der Waals surface area contributed by atoms with Gasteiger partial charge >= 0.3 is 5.97 Å². The first kappa shape index (κ1) is 14.6. The van der Waals surface area contributed by atoms with Crippen molar-refractivity contribution in [1.29, 1.82) is 0 Å². The lowest BCUT2D eigenvalue weighted by atomic mass is 10.4. The molecule has 0 amide bonds. The lowest BCUT2D eigenvalue weighted by Gasteiger charge is -2.14. The first-order valence-electron chi connectivity index (χ1n) is 5.04. The minimum Gasteiger partial charge on any atom is -0.545 e. The van der Waals surface area contributed by atoms with Crippen LogP contribution in [0.5, 0.6) is 0 Å². The second-order valence-corrected chi connectivity index (χ2v) is 10.1. The number of allylic oxidation sites excluding steroid dienone is 2. The van der Waals surface area contributed by atoms with E-state index in [2.05, 4.69) is 19.6 Å². The highest BCUT2D eigenvalue weighted by atomic mass is 28.3. The van der Waals surface area contributed by atoms with Crippen LogP contribution >= 0.6 is 0 Å². The molecule has 4 nitrogen and oxygen atoms in total. The Morgan fingerprint density at radius 3 is 2.25 bits per heavy atom. The summed E-state index contributed by atoms with van der Waals surface area (Å²) in [6, 6.07) is 0.918.